The second-order valence-electron chi connectivity index (χ2n) is 4.72. The summed E-state index contributed by atoms with van der Waals surface area (Å²) in [6, 6.07) is 8.55. The Morgan fingerprint density at radius 2 is 2.12 bits per heavy atom. The average molecular weight is 219 g/mol. The molecule has 1 aromatic rings. The first-order valence-corrected chi connectivity index (χ1v) is 5.49. The van der Waals surface area contributed by atoms with E-state index in [2.05, 4.69) is 55.3 Å². The van der Waals surface area contributed by atoms with Crippen LogP contribution in [0, 0.1) is 6.92 Å². The fourth-order valence-corrected chi connectivity index (χ4v) is 1.56. The van der Waals surface area contributed by atoms with Gasteiger partial charge in [0.05, 0.1) is 0 Å². The molecule has 0 fully saturated rings. The Morgan fingerprint density at radius 3 is 2.69 bits per heavy atom. The molecule has 1 rings (SSSR count). The summed E-state index contributed by atoms with van der Waals surface area (Å²) in [6.45, 7) is 7.27. The average Bonchev–Trinajstić information content (AvgIpc) is 2.26. The molecular weight excluding hydrogens is 198 g/mol. The molecule has 88 valence electrons. The van der Waals surface area contributed by atoms with Gasteiger partial charge in [-0.25, -0.2) is 0 Å². The third-order valence-corrected chi connectivity index (χ3v) is 2.75. The zero-order valence-electron chi connectivity index (χ0n) is 10.5. The lowest BCUT2D eigenvalue weighted by Crippen LogP contribution is -2.40. The molecule has 3 nitrogen and oxygen atoms in total. The van der Waals surface area contributed by atoms with Crippen molar-refractivity contribution in [1.82, 2.24) is 5.32 Å². The van der Waals surface area contributed by atoms with Crippen LogP contribution in [0.5, 0.6) is 0 Å². The molecule has 0 amide bonds. The molecule has 3 heteroatoms. The van der Waals surface area contributed by atoms with Crippen LogP contribution in [0.1, 0.15) is 25.0 Å². The van der Waals surface area contributed by atoms with Gasteiger partial charge in [0.25, 0.3) is 0 Å². The van der Waals surface area contributed by atoms with Crippen LogP contribution in [0.3, 0.4) is 0 Å². The summed E-state index contributed by atoms with van der Waals surface area (Å²) in [6.07, 6.45) is 0. The molecule has 0 spiro atoms. The van der Waals surface area contributed by atoms with Gasteiger partial charge >= 0.3 is 0 Å². The highest BCUT2D eigenvalue weighted by atomic mass is 15.1. The number of nitrogens with one attached hydrogen (secondary N) is 1. The van der Waals surface area contributed by atoms with Crippen molar-refractivity contribution in [3.63, 3.8) is 0 Å². The molecule has 0 radical (unpaired) electrons. The molecule has 0 aliphatic rings. The van der Waals surface area contributed by atoms with Crippen molar-refractivity contribution in [2.75, 3.05) is 13.6 Å². The minimum absolute atomic E-state index is 0.0430. The van der Waals surface area contributed by atoms with Crippen LogP contribution in [0.4, 0.5) is 0 Å². The van der Waals surface area contributed by atoms with Crippen molar-refractivity contribution in [3.05, 3.63) is 35.4 Å². The standard InChI is InChI=1S/C13H21N3/c1-10-6-5-7-11(8-10)13(2,3)9-16-12(14)15-4/h5-8H,9H2,1-4H3,(H3,14,15,16). The van der Waals surface area contributed by atoms with Crippen molar-refractivity contribution in [3.8, 4) is 0 Å². The fourth-order valence-electron chi connectivity index (χ4n) is 1.56. The largest absolute Gasteiger partial charge is 0.370 e. The normalized spacial score (nSPS) is 12.6. The van der Waals surface area contributed by atoms with E-state index < -0.39 is 0 Å². The number of hydrogen-bond donors (Lipinski definition) is 2. The maximum Gasteiger partial charge on any atom is 0.188 e. The smallest absolute Gasteiger partial charge is 0.188 e. The van der Waals surface area contributed by atoms with Crippen LogP contribution in [0.15, 0.2) is 29.3 Å². The summed E-state index contributed by atoms with van der Waals surface area (Å²) >= 11 is 0. The lowest BCUT2D eigenvalue weighted by Gasteiger charge is -2.26. The molecule has 3 N–H and O–H groups in total. The number of aliphatic imine (C=N–C) groups is 1. The number of benzene rings is 1. The molecular formula is C13H21N3. The van der Waals surface area contributed by atoms with Gasteiger partial charge in [-0.15, -0.1) is 0 Å². The minimum atomic E-state index is 0.0430. The Hall–Kier alpha value is -1.51. The van der Waals surface area contributed by atoms with Crippen LogP contribution in [-0.2, 0) is 5.41 Å². The quantitative estimate of drug-likeness (QED) is 0.601. The van der Waals surface area contributed by atoms with Crippen molar-refractivity contribution >= 4 is 5.96 Å². The van der Waals surface area contributed by atoms with Gasteiger partial charge in [0.1, 0.15) is 0 Å². The second kappa shape index (κ2) is 5.01. The van der Waals surface area contributed by atoms with Crippen molar-refractivity contribution < 1.29 is 0 Å². The number of aryl methyl sites for hydroxylation is 1. The van der Waals surface area contributed by atoms with Crippen molar-refractivity contribution in [1.29, 1.82) is 0 Å². The van der Waals surface area contributed by atoms with Crippen LogP contribution in [0.25, 0.3) is 0 Å². The zero-order chi connectivity index (χ0) is 12.2. The van der Waals surface area contributed by atoms with Gasteiger partial charge in [0, 0.05) is 19.0 Å². The molecule has 0 aliphatic heterocycles. The van der Waals surface area contributed by atoms with E-state index in [1.807, 2.05) is 0 Å². The maximum absolute atomic E-state index is 5.63. The van der Waals surface area contributed by atoms with E-state index in [1.54, 1.807) is 7.05 Å². The van der Waals surface area contributed by atoms with Gasteiger partial charge in [0.2, 0.25) is 0 Å². The van der Waals surface area contributed by atoms with E-state index in [0.29, 0.717) is 5.96 Å². The first-order chi connectivity index (χ1) is 7.45. The zero-order valence-corrected chi connectivity index (χ0v) is 10.5. The molecule has 1 aromatic carbocycles. The van der Waals surface area contributed by atoms with Crippen LogP contribution in [-0.4, -0.2) is 19.6 Å². The molecule has 0 aromatic heterocycles. The number of rotatable bonds is 3. The van der Waals surface area contributed by atoms with E-state index >= 15 is 0 Å². The Morgan fingerprint density at radius 1 is 1.44 bits per heavy atom. The summed E-state index contributed by atoms with van der Waals surface area (Å²) in [7, 11) is 1.68. The van der Waals surface area contributed by atoms with E-state index in [4.69, 9.17) is 5.73 Å². The highest BCUT2D eigenvalue weighted by Gasteiger charge is 2.20. The summed E-state index contributed by atoms with van der Waals surface area (Å²) in [4.78, 5) is 3.89. The predicted molar refractivity (Wildman–Crippen MR) is 69.8 cm³/mol. The SMILES string of the molecule is CN=C(N)NCC(C)(C)c1cccc(C)c1. The van der Waals surface area contributed by atoms with Crippen LogP contribution >= 0.6 is 0 Å². The molecule has 0 atom stereocenters. The number of hydrogen-bond acceptors (Lipinski definition) is 1. The van der Waals surface area contributed by atoms with E-state index in [-0.39, 0.29) is 5.41 Å². The Kier molecular flexibility index (Phi) is 3.93. The summed E-state index contributed by atoms with van der Waals surface area (Å²) in [5, 5.41) is 3.12. The number of nitrogens with zero attached hydrogens (tertiary/aromatic N) is 1. The first kappa shape index (κ1) is 12.6. The number of guanidine groups is 1. The van der Waals surface area contributed by atoms with Gasteiger partial charge in [-0.2, -0.15) is 0 Å². The Bertz CT molecular complexity index is 381. The minimum Gasteiger partial charge on any atom is -0.370 e. The third-order valence-electron chi connectivity index (χ3n) is 2.75. The van der Waals surface area contributed by atoms with E-state index in [9.17, 15) is 0 Å². The molecule has 0 saturated heterocycles. The first-order valence-electron chi connectivity index (χ1n) is 5.49. The van der Waals surface area contributed by atoms with Crippen LogP contribution in [0.2, 0.25) is 0 Å². The van der Waals surface area contributed by atoms with Gasteiger partial charge < -0.3 is 11.1 Å². The van der Waals surface area contributed by atoms with Gasteiger partial charge in [-0.1, -0.05) is 43.7 Å². The molecule has 0 aliphatic carbocycles. The summed E-state index contributed by atoms with van der Waals surface area (Å²) in [5.41, 5.74) is 8.26. The lowest BCUT2D eigenvalue weighted by molar-refractivity contribution is 0.511. The van der Waals surface area contributed by atoms with E-state index in [0.717, 1.165) is 6.54 Å². The third kappa shape index (κ3) is 3.26. The maximum atomic E-state index is 5.63. The van der Waals surface area contributed by atoms with Gasteiger partial charge in [-0.05, 0) is 12.5 Å². The highest BCUT2D eigenvalue weighted by molar-refractivity contribution is 5.77. The highest BCUT2D eigenvalue weighted by Crippen LogP contribution is 2.22. The lowest BCUT2D eigenvalue weighted by atomic mass is 9.84. The van der Waals surface area contributed by atoms with Crippen LogP contribution < -0.4 is 11.1 Å². The molecule has 0 unspecified atom stereocenters. The molecule has 0 bridgehead atoms. The molecule has 0 saturated carbocycles. The topological polar surface area (TPSA) is 50.4 Å². The fraction of sp³-hybridized carbons (Fsp3) is 0.462. The van der Waals surface area contributed by atoms with Gasteiger partial charge in [-0.3, -0.25) is 4.99 Å². The van der Waals surface area contributed by atoms with Crippen molar-refractivity contribution in [2.45, 2.75) is 26.2 Å². The summed E-state index contributed by atoms with van der Waals surface area (Å²) < 4.78 is 0. The monoisotopic (exact) mass is 219 g/mol. The second-order valence-corrected chi connectivity index (χ2v) is 4.72. The Labute approximate surface area is 97.8 Å². The number of nitrogens with two attached hydrogens (primary N) is 1. The van der Waals surface area contributed by atoms with Crippen molar-refractivity contribution in [2.24, 2.45) is 10.7 Å². The van der Waals surface area contributed by atoms with Gasteiger partial charge in [0.15, 0.2) is 5.96 Å². The molecule has 16 heavy (non-hydrogen) atoms. The summed E-state index contributed by atoms with van der Waals surface area (Å²) in [5.74, 6) is 0.487. The Balaban J connectivity index is 2.77. The van der Waals surface area contributed by atoms with E-state index in [1.165, 1.54) is 11.1 Å². The predicted octanol–water partition coefficient (Wildman–Crippen LogP) is 1.81. The molecule has 0 heterocycles.